The van der Waals surface area contributed by atoms with E-state index < -0.39 is 94.2 Å². The average Bonchev–Trinajstić information content (AvgIpc) is 4.11. The number of rotatable bonds is 15. The quantitative estimate of drug-likeness (QED) is 0.0532. The van der Waals surface area contributed by atoms with E-state index in [-0.39, 0.29) is 64.0 Å². The monoisotopic (exact) mass is 955 g/mol. The number of nitrogens with zero attached hydrogens (tertiary/aromatic N) is 12. The number of hydrogen-bond donors (Lipinski definition) is 8. The van der Waals surface area contributed by atoms with Crippen LogP contribution in [-0.2, 0) is 60.7 Å². The van der Waals surface area contributed by atoms with Gasteiger partial charge in [0.1, 0.15) is 78.3 Å². The van der Waals surface area contributed by atoms with Gasteiger partial charge in [0.2, 0.25) is 0 Å². The number of nitrogens with two attached hydrogens (primary N) is 3. The van der Waals surface area contributed by atoms with Gasteiger partial charge in [-0.25, -0.2) is 44.9 Å². The molecular formula is C31H39N15O13P2S2. The SMILES string of the molecule is COC1C(CO)OC(n2cnc3c(N)ncnc32)C1OP(O)(=S)OCC1CC(OP(O)(=S)OCC2OC(n3cnc4c(N)ncnc43)C(O)C2O)C(n2cnc3c(N)ncnc32)O1. The van der Waals surface area contributed by atoms with Gasteiger partial charge in [-0.15, -0.1) is 0 Å². The lowest BCUT2D eigenvalue weighted by Crippen LogP contribution is -2.37. The van der Waals surface area contributed by atoms with E-state index in [1.54, 1.807) is 0 Å². The van der Waals surface area contributed by atoms with E-state index in [4.69, 9.17) is 77.9 Å². The maximum atomic E-state index is 11.5. The van der Waals surface area contributed by atoms with E-state index in [0.29, 0.717) is 0 Å². The van der Waals surface area contributed by atoms with Gasteiger partial charge in [-0.05, 0) is 23.6 Å². The van der Waals surface area contributed by atoms with E-state index in [1.807, 2.05) is 0 Å². The molecule has 0 aliphatic carbocycles. The van der Waals surface area contributed by atoms with E-state index >= 15 is 0 Å². The Morgan fingerprint density at radius 3 is 1.68 bits per heavy atom. The first-order valence-electron chi connectivity index (χ1n) is 18.7. The second-order valence-corrected chi connectivity index (χ2v) is 20.0. The summed E-state index contributed by atoms with van der Waals surface area (Å²) in [6.07, 6.45) is -4.76. The van der Waals surface area contributed by atoms with Crippen molar-refractivity contribution in [3.8, 4) is 0 Å². The topological polar surface area (TPSA) is 384 Å². The fraction of sp³-hybridized carbons (Fsp3) is 0.516. The Labute approximate surface area is 363 Å². The first-order valence-corrected chi connectivity index (χ1v) is 23.9. The zero-order chi connectivity index (χ0) is 44.4. The fourth-order valence-corrected chi connectivity index (χ4v) is 10.5. The van der Waals surface area contributed by atoms with Crippen LogP contribution < -0.4 is 17.2 Å². The molecule has 338 valence electrons. The fourth-order valence-electron chi connectivity index (χ4n) is 7.64. The standard InChI is InChI=1S/C31H39N15O13P2S2/c1-52-21-14(3-47)56-31(46-11-43-18-25(34)37-8-40-28(18)46)22(21)59-61(51,63)53-4-12-2-13(29(55-12)44-9-41-16-23(32)35-6-38-26(16)44)58-60(50,62)54-5-15-19(48)20(49)30(57-15)45-10-42-17-24(33)36-7-39-27(17)45/h6-15,19-22,29-31,47-49H,2-5H2,1H3,(H,50,62)(H,51,63)(H2,32,35,38)(H2,33,36,39)(H2,34,37,40). The molecular weight excluding hydrogens is 917 g/mol. The first kappa shape index (κ1) is 44.1. The van der Waals surface area contributed by atoms with Crippen molar-refractivity contribution in [1.82, 2.24) is 58.6 Å². The van der Waals surface area contributed by atoms with Crippen LogP contribution in [0.3, 0.4) is 0 Å². The molecule has 3 fully saturated rings. The third-order valence-electron chi connectivity index (χ3n) is 10.6. The molecule has 28 nitrogen and oxygen atoms in total. The van der Waals surface area contributed by atoms with Crippen LogP contribution in [0.2, 0.25) is 0 Å². The number of aliphatic hydroxyl groups is 3. The van der Waals surface area contributed by atoms with Gasteiger partial charge in [0.25, 0.3) is 0 Å². The number of nitrogen functional groups attached to an aromatic ring is 3. The number of imidazole rings is 3. The Morgan fingerprint density at radius 2 is 1.14 bits per heavy atom. The summed E-state index contributed by atoms with van der Waals surface area (Å²) in [7, 11) is 1.37. The summed E-state index contributed by atoms with van der Waals surface area (Å²) in [6.45, 7) is -9.77. The Kier molecular flexibility index (Phi) is 12.1. The summed E-state index contributed by atoms with van der Waals surface area (Å²) in [6, 6.07) is 0. The second kappa shape index (κ2) is 17.3. The highest BCUT2D eigenvalue weighted by molar-refractivity contribution is 8.07. The van der Waals surface area contributed by atoms with E-state index in [2.05, 4.69) is 44.9 Å². The number of ether oxygens (including phenoxy) is 4. The van der Waals surface area contributed by atoms with Crippen LogP contribution in [0.25, 0.3) is 33.5 Å². The van der Waals surface area contributed by atoms with Crippen LogP contribution in [0.4, 0.5) is 17.5 Å². The minimum atomic E-state index is -4.21. The Balaban J connectivity index is 0.901. The minimum Gasteiger partial charge on any atom is -0.394 e. The van der Waals surface area contributed by atoms with E-state index in [1.165, 1.54) is 58.8 Å². The van der Waals surface area contributed by atoms with Gasteiger partial charge in [-0.1, -0.05) is 0 Å². The second-order valence-electron chi connectivity index (χ2n) is 14.4. The maximum Gasteiger partial charge on any atom is 0.325 e. The predicted octanol–water partition coefficient (Wildman–Crippen LogP) is -1.70. The minimum absolute atomic E-state index is 0.0326. The largest absolute Gasteiger partial charge is 0.394 e. The molecule has 0 amide bonds. The molecule has 3 saturated heterocycles. The van der Waals surface area contributed by atoms with Gasteiger partial charge in [-0.2, -0.15) is 0 Å². The predicted molar refractivity (Wildman–Crippen MR) is 220 cm³/mol. The van der Waals surface area contributed by atoms with Crippen molar-refractivity contribution in [2.75, 3.05) is 44.1 Å². The van der Waals surface area contributed by atoms with Gasteiger partial charge in [0.05, 0.1) is 44.9 Å². The molecule has 32 heteroatoms. The lowest BCUT2D eigenvalue weighted by Gasteiger charge is -2.27. The maximum absolute atomic E-state index is 11.5. The summed E-state index contributed by atoms with van der Waals surface area (Å²) >= 11 is 10.9. The molecule has 0 saturated carbocycles. The van der Waals surface area contributed by atoms with Crippen molar-refractivity contribution in [1.29, 1.82) is 0 Å². The van der Waals surface area contributed by atoms with Crippen molar-refractivity contribution in [3.63, 3.8) is 0 Å². The first-order chi connectivity index (χ1) is 30.2. The van der Waals surface area contributed by atoms with Crippen LogP contribution in [0.1, 0.15) is 25.1 Å². The zero-order valence-corrected chi connectivity index (χ0v) is 35.9. The van der Waals surface area contributed by atoms with Crippen molar-refractivity contribution >= 4 is 88.0 Å². The van der Waals surface area contributed by atoms with Crippen molar-refractivity contribution < 1.29 is 62.1 Å². The smallest absolute Gasteiger partial charge is 0.325 e. The lowest BCUT2D eigenvalue weighted by molar-refractivity contribution is -0.0587. The summed E-state index contributed by atoms with van der Waals surface area (Å²) in [5, 5.41) is 32.0. The van der Waals surface area contributed by atoms with Crippen molar-refractivity contribution in [3.05, 3.63) is 38.0 Å². The Bertz CT molecular complexity index is 2740. The summed E-state index contributed by atoms with van der Waals surface area (Å²) in [4.78, 5) is 60.2. The Hall–Kier alpha value is -4.17. The van der Waals surface area contributed by atoms with Gasteiger partial charge < -0.3 is 74.8 Å². The molecule has 11 N–H and O–H groups in total. The number of aromatic nitrogens is 12. The van der Waals surface area contributed by atoms with Crippen LogP contribution in [0.15, 0.2) is 38.0 Å². The van der Waals surface area contributed by atoms with E-state index in [0.717, 1.165) is 0 Å². The number of anilines is 3. The van der Waals surface area contributed by atoms with Gasteiger partial charge in [0.15, 0.2) is 53.1 Å². The van der Waals surface area contributed by atoms with Crippen LogP contribution in [0.5, 0.6) is 0 Å². The van der Waals surface area contributed by atoms with Gasteiger partial charge in [-0.3, -0.25) is 18.2 Å². The molecule has 0 aromatic carbocycles. The summed E-state index contributed by atoms with van der Waals surface area (Å²) < 4.78 is 51.9. The summed E-state index contributed by atoms with van der Waals surface area (Å²) in [5.74, 6) is 0.310. The number of hydrogen-bond acceptors (Lipinski definition) is 25. The molecule has 9 rings (SSSR count). The highest BCUT2D eigenvalue weighted by atomic mass is 32.5. The van der Waals surface area contributed by atoms with Crippen LogP contribution >= 0.6 is 13.4 Å². The molecule has 6 aromatic rings. The Morgan fingerprint density at radius 1 is 0.651 bits per heavy atom. The van der Waals surface area contributed by atoms with Crippen molar-refractivity contribution in [2.45, 2.75) is 73.9 Å². The molecule has 13 unspecified atom stereocenters. The third kappa shape index (κ3) is 8.36. The van der Waals surface area contributed by atoms with Crippen molar-refractivity contribution in [2.24, 2.45) is 0 Å². The average molecular weight is 956 g/mol. The normalized spacial score (nSPS) is 30.7. The van der Waals surface area contributed by atoms with Gasteiger partial charge >= 0.3 is 13.4 Å². The highest BCUT2D eigenvalue weighted by Crippen LogP contribution is 2.53. The summed E-state index contributed by atoms with van der Waals surface area (Å²) in [5.41, 5.74) is 19.5. The van der Waals surface area contributed by atoms with Gasteiger partial charge in [0, 0.05) is 13.5 Å². The van der Waals surface area contributed by atoms with Crippen LogP contribution in [-0.4, -0.2) is 159 Å². The molecule has 3 aliphatic heterocycles. The molecule has 13 atom stereocenters. The molecule has 3 aliphatic rings. The van der Waals surface area contributed by atoms with Crippen LogP contribution in [0, 0.1) is 0 Å². The molecule has 63 heavy (non-hydrogen) atoms. The number of fused-ring (bicyclic) bond motifs is 3. The third-order valence-corrected chi connectivity index (χ3v) is 13.7. The zero-order valence-electron chi connectivity index (χ0n) is 32.5. The molecule has 9 heterocycles. The molecule has 6 aromatic heterocycles. The molecule has 0 bridgehead atoms. The molecule has 0 spiro atoms. The number of aliphatic hydroxyl groups excluding tert-OH is 3. The van der Waals surface area contributed by atoms with E-state index in [9.17, 15) is 25.1 Å². The lowest BCUT2D eigenvalue weighted by atomic mass is 10.1. The highest BCUT2D eigenvalue weighted by Gasteiger charge is 2.50. The molecule has 0 radical (unpaired) electrons. The number of methoxy groups -OCH3 is 1.